The molecule has 7 nitrogen and oxygen atoms in total. The number of thiophene rings is 1. The highest BCUT2D eigenvalue weighted by Crippen LogP contribution is 2.38. The Hall–Kier alpha value is -3.00. The Morgan fingerprint density at radius 1 is 1.23 bits per heavy atom. The Labute approximate surface area is 152 Å². The van der Waals surface area contributed by atoms with Crippen molar-refractivity contribution in [2.45, 2.75) is 25.7 Å². The lowest BCUT2D eigenvalue weighted by atomic mass is 10.1. The average molecular weight is 368 g/mol. The van der Waals surface area contributed by atoms with Crippen molar-refractivity contribution in [2.24, 2.45) is 5.73 Å². The number of nitrogens with two attached hydrogens (primary N) is 1. The lowest BCUT2D eigenvalue weighted by Crippen LogP contribution is -2.20. The summed E-state index contributed by atoms with van der Waals surface area (Å²) in [6.45, 7) is 0. The maximum atomic E-state index is 12.5. The molecule has 1 aromatic carbocycles. The van der Waals surface area contributed by atoms with Gasteiger partial charge in [0.25, 0.3) is 11.5 Å². The Morgan fingerprint density at radius 3 is 2.77 bits per heavy atom. The number of aromatic nitrogens is 2. The Morgan fingerprint density at radius 2 is 2.00 bits per heavy atom. The molecule has 0 saturated heterocycles. The van der Waals surface area contributed by atoms with Crippen LogP contribution < -0.4 is 16.6 Å². The van der Waals surface area contributed by atoms with Crippen molar-refractivity contribution < 1.29 is 9.59 Å². The van der Waals surface area contributed by atoms with Crippen LogP contribution in [0.1, 0.15) is 32.9 Å². The summed E-state index contributed by atoms with van der Waals surface area (Å²) in [5.74, 6) is -0.829. The van der Waals surface area contributed by atoms with E-state index in [1.165, 1.54) is 11.3 Å². The molecule has 3 aromatic rings. The number of nitrogens with one attached hydrogen (secondary N) is 2. The molecular weight excluding hydrogens is 352 g/mol. The molecule has 0 spiro atoms. The first-order valence-electron chi connectivity index (χ1n) is 8.25. The second-order valence-corrected chi connectivity index (χ2v) is 7.30. The first-order chi connectivity index (χ1) is 12.5. The summed E-state index contributed by atoms with van der Waals surface area (Å²) >= 11 is 1.41. The topological polar surface area (TPSA) is 118 Å². The van der Waals surface area contributed by atoms with Gasteiger partial charge in [-0.1, -0.05) is 18.2 Å². The monoisotopic (exact) mass is 368 g/mol. The van der Waals surface area contributed by atoms with Gasteiger partial charge < -0.3 is 11.1 Å². The van der Waals surface area contributed by atoms with Gasteiger partial charge in [-0.25, -0.2) is 5.10 Å². The number of amides is 2. The van der Waals surface area contributed by atoms with Crippen molar-refractivity contribution in [3.8, 4) is 0 Å². The first-order valence-corrected chi connectivity index (χ1v) is 9.06. The van der Waals surface area contributed by atoms with Crippen molar-refractivity contribution >= 4 is 38.9 Å². The molecule has 0 bridgehead atoms. The van der Waals surface area contributed by atoms with Gasteiger partial charge in [-0.3, -0.25) is 14.4 Å². The fourth-order valence-corrected chi connectivity index (χ4v) is 4.69. The molecule has 8 heteroatoms. The zero-order valence-corrected chi connectivity index (χ0v) is 14.6. The quantitative estimate of drug-likeness (QED) is 0.650. The zero-order chi connectivity index (χ0) is 18.3. The van der Waals surface area contributed by atoms with Crippen LogP contribution >= 0.6 is 11.3 Å². The molecule has 26 heavy (non-hydrogen) atoms. The van der Waals surface area contributed by atoms with Crippen LogP contribution in [-0.4, -0.2) is 22.0 Å². The predicted molar refractivity (Wildman–Crippen MR) is 99.6 cm³/mol. The molecule has 2 aromatic heterocycles. The number of anilines is 1. The maximum absolute atomic E-state index is 12.5. The third-order valence-corrected chi connectivity index (χ3v) is 5.73. The molecule has 1 aliphatic rings. The fraction of sp³-hybridized carbons (Fsp3) is 0.222. The molecule has 2 amide bonds. The molecule has 0 atom stereocenters. The van der Waals surface area contributed by atoms with E-state index >= 15 is 0 Å². The molecule has 1 aliphatic carbocycles. The zero-order valence-electron chi connectivity index (χ0n) is 13.8. The highest BCUT2D eigenvalue weighted by atomic mass is 32.1. The highest BCUT2D eigenvalue weighted by molar-refractivity contribution is 7.17. The third kappa shape index (κ3) is 2.78. The van der Waals surface area contributed by atoms with Crippen LogP contribution in [0.5, 0.6) is 0 Å². The number of carbonyl (C=O) groups is 2. The number of nitrogens with zero attached hydrogens (tertiary/aromatic N) is 1. The van der Waals surface area contributed by atoms with Crippen LogP contribution in [0.4, 0.5) is 5.00 Å². The number of rotatable bonds is 4. The molecule has 4 rings (SSSR count). The van der Waals surface area contributed by atoms with Gasteiger partial charge in [-0.05, 0) is 30.9 Å². The van der Waals surface area contributed by atoms with Gasteiger partial charge in [0, 0.05) is 10.3 Å². The van der Waals surface area contributed by atoms with Crippen molar-refractivity contribution in [3.05, 3.63) is 56.3 Å². The summed E-state index contributed by atoms with van der Waals surface area (Å²) in [7, 11) is 0. The Bertz CT molecular complexity index is 1100. The number of aromatic amines is 1. The second kappa shape index (κ2) is 6.38. The number of benzene rings is 1. The smallest absolute Gasteiger partial charge is 0.272 e. The van der Waals surface area contributed by atoms with Crippen molar-refractivity contribution in [3.63, 3.8) is 0 Å². The molecule has 2 heterocycles. The van der Waals surface area contributed by atoms with Gasteiger partial charge in [0.15, 0.2) is 0 Å². The second-order valence-electron chi connectivity index (χ2n) is 6.20. The summed E-state index contributed by atoms with van der Waals surface area (Å²) < 4.78 is 0. The van der Waals surface area contributed by atoms with E-state index < -0.39 is 5.91 Å². The molecule has 0 aliphatic heterocycles. The molecule has 0 radical (unpaired) electrons. The molecule has 0 fully saturated rings. The molecule has 4 N–H and O–H groups in total. The van der Waals surface area contributed by atoms with E-state index in [0.717, 1.165) is 29.7 Å². The molecule has 0 unspecified atom stereocenters. The van der Waals surface area contributed by atoms with Gasteiger partial charge in [-0.2, -0.15) is 5.10 Å². The van der Waals surface area contributed by atoms with Crippen LogP contribution in [0.3, 0.4) is 0 Å². The summed E-state index contributed by atoms with van der Waals surface area (Å²) in [5, 5.41) is 10.8. The van der Waals surface area contributed by atoms with Gasteiger partial charge in [0.1, 0.15) is 5.00 Å². The summed E-state index contributed by atoms with van der Waals surface area (Å²) in [6.07, 6.45) is 2.70. The minimum atomic E-state index is -0.521. The number of primary amides is 1. The largest absolute Gasteiger partial charge is 0.365 e. The Balaban J connectivity index is 1.62. The number of H-pyrrole nitrogens is 1. The van der Waals surface area contributed by atoms with E-state index in [4.69, 9.17) is 5.73 Å². The maximum Gasteiger partial charge on any atom is 0.272 e. The number of hydrogen-bond donors (Lipinski definition) is 3. The summed E-state index contributed by atoms with van der Waals surface area (Å²) in [4.78, 5) is 37.3. The lowest BCUT2D eigenvalue weighted by Gasteiger charge is -2.07. The molecular formula is C18H16N4O3S. The van der Waals surface area contributed by atoms with Crippen molar-refractivity contribution in [1.82, 2.24) is 10.2 Å². The van der Waals surface area contributed by atoms with Crippen LogP contribution in [-0.2, 0) is 24.1 Å². The van der Waals surface area contributed by atoms with Crippen molar-refractivity contribution in [1.29, 1.82) is 0 Å². The normalized spacial score (nSPS) is 12.9. The van der Waals surface area contributed by atoms with Crippen LogP contribution in [0.15, 0.2) is 29.1 Å². The van der Waals surface area contributed by atoms with E-state index in [-0.39, 0.29) is 17.9 Å². The Kier molecular flexibility index (Phi) is 4.04. The average Bonchev–Trinajstić information content (AvgIpc) is 3.18. The summed E-state index contributed by atoms with van der Waals surface area (Å²) in [6, 6.07) is 6.99. The van der Waals surface area contributed by atoms with E-state index in [0.29, 0.717) is 27.0 Å². The number of aryl methyl sites for hydroxylation is 1. The van der Waals surface area contributed by atoms with E-state index in [1.54, 1.807) is 24.3 Å². The lowest BCUT2D eigenvalue weighted by molar-refractivity contribution is -0.115. The van der Waals surface area contributed by atoms with Crippen LogP contribution in [0.25, 0.3) is 10.8 Å². The number of fused-ring (bicyclic) bond motifs is 2. The fourth-order valence-electron chi connectivity index (χ4n) is 3.38. The van der Waals surface area contributed by atoms with Gasteiger partial charge in [0.2, 0.25) is 5.91 Å². The van der Waals surface area contributed by atoms with Crippen LogP contribution in [0, 0.1) is 0 Å². The highest BCUT2D eigenvalue weighted by Gasteiger charge is 2.26. The molecule has 0 saturated carbocycles. The third-order valence-electron chi connectivity index (χ3n) is 4.52. The predicted octanol–water partition coefficient (Wildman–Crippen LogP) is 1.75. The minimum Gasteiger partial charge on any atom is -0.365 e. The molecule has 132 valence electrons. The first kappa shape index (κ1) is 16.5. The van der Waals surface area contributed by atoms with Crippen molar-refractivity contribution in [2.75, 3.05) is 5.32 Å². The number of carbonyl (C=O) groups excluding carboxylic acids is 2. The van der Waals surface area contributed by atoms with Crippen LogP contribution in [0.2, 0.25) is 0 Å². The SMILES string of the molecule is NC(=O)c1c(NC(=O)Cc2n[nH]c(=O)c3ccccc23)sc2c1CCC2. The standard InChI is InChI=1S/C18H16N4O3S/c19-16(24)15-11-6-3-7-13(11)26-18(15)20-14(23)8-12-9-4-1-2-5-10(9)17(25)22-21-12/h1-2,4-5H,3,6-8H2,(H2,19,24)(H,20,23)(H,22,25). The van der Waals surface area contributed by atoms with Gasteiger partial charge >= 0.3 is 0 Å². The van der Waals surface area contributed by atoms with E-state index in [9.17, 15) is 14.4 Å². The van der Waals surface area contributed by atoms with E-state index in [2.05, 4.69) is 15.5 Å². The summed E-state index contributed by atoms with van der Waals surface area (Å²) in [5.41, 5.74) is 7.08. The number of hydrogen-bond acceptors (Lipinski definition) is 5. The minimum absolute atomic E-state index is 0.0158. The van der Waals surface area contributed by atoms with Gasteiger partial charge in [-0.15, -0.1) is 11.3 Å². The van der Waals surface area contributed by atoms with Gasteiger partial charge in [0.05, 0.1) is 23.1 Å². The van der Waals surface area contributed by atoms with E-state index in [1.807, 2.05) is 0 Å².